The number of imidazole rings is 1. The van der Waals surface area contributed by atoms with Gasteiger partial charge in [-0.1, -0.05) is 37.3 Å². The highest BCUT2D eigenvalue weighted by molar-refractivity contribution is 7.89. The van der Waals surface area contributed by atoms with Crippen LogP contribution in [0.15, 0.2) is 54.7 Å². The number of nitrogens with one attached hydrogen (secondary N) is 2. The number of benzene rings is 2. The van der Waals surface area contributed by atoms with Gasteiger partial charge in [0.05, 0.1) is 23.4 Å². The number of Topliss-reactive ketones (excluding diaryl/α,β-unsaturated/α-hetero) is 1. The molecular formula is C28H26N6O4S2. The molecule has 5 aromatic rings. The summed E-state index contributed by atoms with van der Waals surface area (Å²) in [6.07, 6.45) is 2.83. The summed E-state index contributed by atoms with van der Waals surface area (Å²) in [5.74, 6) is -0.233. The Bertz CT molecular complexity index is 1880. The lowest BCUT2D eigenvalue weighted by molar-refractivity contribution is 0.0992. The second-order valence-corrected chi connectivity index (χ2v) is 12.9. The van der Waals surface area contributed by atoms with Gasteiger partial charge >= 0.3 is 0 Å². The molecule has 1 aliphatic rings. The van der Waals surface area contributed by atoms with Crippen LogP contribution in [0.4, 0.5) is 5.95 Å². The fraction of sp³-hybridized carbons (Fsp3) is 0.250. The molecule has 0 saturated heterocycles. The van der Waals surface area contributed by atoms with Gasteiger partial charge in [0.1, 0.15) is 16.2 Å². The lowest BCUT2D eigenvalue weighted by Gasteiger charge is -2.25. The van der Waals surface area contributed by atoms with Gasteiger partial charge in [0.2, 0.25) is 16.0 Å². The first-order valence-corrected chi connectivity index (χ1v) is 15.4. The van der Waals surface area contributed by atoms with Crippen molar-refractivity contribution in [2.45, 2.75) is 32.7 Å². The van der Waals surface area contributed by atoms with Crippen molar-refractivity contribution in [3.8, 4) is 0 Å². The maximum Gasteiger partial charge on any atom is 0.276 e. The van der Waals surface area contributed by atoms with Crippen LogP contribution >= 0.6 is 11.3 Å². The SMILES string of the molecule is CCCS(=O)(=O)N1CCc2nc(CC(=O)c3cccc4[nH]c(NC(=O)c5cc6ccccc6cn5)nc34)sc2C1. The van der Waals surface area contributed by atoms with E-state index in [9.17, 15) is 18.0 Å². The van der Waals surface area contributed by atoms with Crippen molar-refractivity contribution in [3.05, 3.63) is 81.6 Å². The molecule has 2 aromatic carbocycles. The number of fused-ring (bicyclic) bond motifs is 3. The normalized spacial score (nSPS) is 13.9. The Labute approximate surface area is 234 Å². The largest absolute Gasteiger partial charge is 0.324 e. The van der Waals surface area contributed by atoms with Crippen LogP contribution in [0.1, 0.15) is 49.8 Å². The van der Waals surface area contributed by atoms with E-state index in [2.05, 4.69) is 25.3 Å². The van der Waals surface area contributed by atoms with Crippen LogP contribution in [-0.2, 0) is 29.4 Å². The fourth-order valence-corrected chi connectivity index (χ4v) is 7.53. The number of hydrogen-bond acceptors (Lipinski definition) is 8. The van der Waals surface area contributed by atoms with Crippen LogP contribution in [0.3, 0.4) is 0 Å². The van der Waals surface area contributed by atoms with E-state index in [1.54, 1.807) is 30.5 Å². The number of carbonyl (C=O) groups excluding carboxylic acids is 2. The molecule has 0 unspecified atom stereocenters. The van der Waals surface area contributed by atoms with E-state index in [0.717, 1.165) is 21.3 Å². The Morgan fingerprint density at radius 3 is 2.75 bits per heavy atom. The van der Waals surface area contributed by atoms with E-state index >= 15 is 0 Å². The molecule has 204 valence electrons. The number of rotatable bonds is 8. The molecule has 1 aliphatic heterocycles. The van der Waals surface area contributed by atoms with Gasteiger partial charge in [0, 0.05) is 41.5 Å². The maximum absolute atomic E-state index is 13.3. The number of carbonyl (C=O) groups is 2. The Hall–Kier alpha value is -4.00. The summed E-state index contributed by atoms with van der Waals surface area (Å²) in [4.78, 5) is 43.5. The predicted molar refractivity (Wildman–Crippen MR) is 154 cm³/mol. The Morgan fingerprint density at radius 2 is 1.93 bits per heavy atom. The van der Waals surface area contributed by atoms with E-state index in [-0.39, 0.29) is 29.6 Å². The molecule has 10 nitrogen and oxygen atoms in total. The number of sulfonamides is 1. The highest BCUT2D eigenvalue weighted by atomic mass is 32.2. The average molecular weight is 575 g/mol. The second-order valence-electron chi connectivity index (χ2n) is 9.63. The molecule has 6 rings (SSSR count). The van der Waals surface area contributed by atoms with Crippen molar-refractivity contribution in [1.29, 1.82) is 0 Å². The molecule has 0 bridgehead atoms. The summed E-state index contributed by atoms with van der Waals surface area (Å²) in [7, 11) is -3.29. The minimum absolute atomic E-state index is 0.0774. The number of amides is 1. The van der Waals surface area contributed by atoms with E-state index < -0.39 is 15.9 Å². The summed E-state index contributed by atoms with van der Waals surface area (Å²) in [6.45, 7) is 2.55. The van der Waals surface area contributed by atoms with Gasteiger partial charge in [-0.05, 0) is 30.0 Å². The smallest absolute Gasteiger partial charge is 0.276 e. The number of hydrogen-bond donors (Lipinski definition) is 2. The average Bonchev–Trinajstić information content (AvgIpc) is 3.54. The van der Waals surface area contributed by atoms with Crippen molar-refractivity contribution < 1.29 is 18.0 Å². The lowest BCUT2D eigenvalue weighted by Crippen LogP contribution is -2.36. The van der Waals surface area contributed by atoms with Crippen molar-refractivity contribution >= 4 is 60.8 Å². The summed E-state index contributed by atoms with van der Waals surface area (Å²) in [6, 6.07) is 14.6. The number of thiazole rings is 1. The summed E-state index contributed by atoms with van der Waals surface area (Å²) in [5, 5.41) is 5.23. The zero-order chi connectivity index (χ0) is 27.9. The Balaban J connectivity index is 1.19. The number of anilines is 1. The first-order valence-electron chi connectivity index (χ1n) is 12.9. The van der Waals surface area contributed by atoms with Crippen LogP contribution in [0.2, 0.25) is 0 Å². The number of H-pyrrole nitrogens is 1. The van der Waals surface area contributed by atoms with E-state index in [4.69, 9.17) is 0 Å². The summed E-state index contributed by atoms with van der Waals surface area (Å²) >= 11 is 1.38. The number of nitrogens with zero attached hydrogens (tertiary/aromatic N) is 4. The van der Waals surface area contributed by atoms with Gasteiger partial charge in [-0.25, -0.2) is 18.4 Å². The molecule has 0 saturated carbocycles. The summed E-state index contributed by atoms with van der Waals surface area (Å²) in [5.41, 5.74) is 2.60. The topological polar surface area (TPSA) is 138 Å². The zero-order valence-electron chi connectivity index (χ0n) is 21.7. The predicted octanol–water partition coefficient (Wildman–Crippen LogP) is 4.34. The molecule has 4 heterocycles. The van der Waals surface area contributed by atoms with Crippen molar-refractivity contribution in [2.24, 2.45) is 0 Å². The van der Waals surface area contributed by atoms with E-state index in [1.807, 2.05) is 31.2 Å². The monoisotopic (exact) mass is 574 g/mol. The van der Waals surface area contributed by atoms with Crippen molar-refractivity contribution in [2.75, 3.05) is 17.6 Å². The second kappa shape index (κ2) is 10.5. The molecule has 0 aliphatic carbocycles. The third kappa shape index (κ3) is 5.12. The standard InChI is InChI=1S/C28H26N6O4S2/c1-2-12-40(37,38)34-11-10-20-24(16-34)39-25(30-20)14-23(35)19-8-5-9-21-26(19)32-28(31-21)33-27(36)22-13-17-6-3-4-7-18(17)15-29-22/h3-9,13,15H,2,10-12,14,16H2,1H3,(H2,31,32,33,36). The van der Waals surface area contributed by atoms with Gasteiger partial charge in [-0.3, -0.25) is 19.9 Å². The number of ketones is 1. The molecule has 3 aromatic heterocycles. The van der Waals surface area contributed by atoms with Crippen molar-refractivity contribution in [1.82, 2.24) is 24.2 Å². The molecule has 1 amide bonds. The van der Waals surface area contributed by atoms with Crippen LogP contribution in [0.5, 0.6) is 0 Å². The van der Waals surface area contributed by atoms with Crippen LogP contribution in [0.25, 0.3) is 21.8 Å². The van der Waals surface area contributed by atoms with Crippen molar-refractivity contribution in [3.63, 3.8) is 0 Å². The van der Waals surface area contributed by atoms with Crippen LogP contribution in [-0.4, -0.2) is 56.6 Å². The third-order valence-electron chi connectivity index (χ3n) is 6.82. The van der Waals surface area contributed by atoms with Gasteiger partial charge in [-0.2, -0.15) is 4.31 Å². The molecule has 0 radical (unpaired) electrons. The molecule has 2 N–H and O–H groups in total. The number of para-hydroxylation sites is 1. The summed E-state index contributed by atoms with van der Waals surface area (Å²) < 4.78 is 26.5. The minimum Gasteiger partial charge on any atom is -0.324 e. The van der Waals surface area contributed by atoms with E-state index in [1.165, 1.54) is 15.6 Å². The highest BCUT2D eigenvalue weighted by Crippen LogP contribution is 2.29. The molecule has 12 heteroatoms. The Morgan fingerprint density at radius 1 is 1.10 bits per heavy atom. The van der Waals surface area contributed by atoms with Gasteiger partial charge in [-0.15, -0.1) is 11.3 Å². The number of aromatic nitrogens is 4. The minimum atomic E-state index is -3.29. The Kier molecular flexibility index (Phi) is 6.90. The van der Waals surface area contributed by atoms with Crippen LogP contribution < -0.4 is 5.32 Å². The van der Waals surface area contributed by atoms with Gasteiger partial charge in [0.25, 0.3) is 5.91 Å². The molecule has 0 atom stereocenters. The number of pyridine rings is 1. The molecule has 0 fully saturated rings. The first-order chi connectivity index (χ1) is 19.3. The van der Waals surface area contributed by atoms with Gasteiger partial charge < -0.3 is 4.98 Å². The number of aromatic amines is 1. The third-order valence-corrected chi connectivity index (χ3v) is 9.92. The lowest BCUT2D eigenvalue weighted by atomic mass is 10.1. The molecule has 0 spiro atoms. The quantitative estimate of drug-likeness (QED) is 0.263. The van der Waals surface area contributed by atoms with Crippen LogP contribution in [0, 0.1) is 0 Å². The van der Waals surface area contributed by atoms with Gasteiger partial charge in [0.15, 0.2) is 5.78 Å². The molecule has 40 heavy (non-hydrogen) atoms. The maximum atomic E-state index is 13.3. The fourth-order valence-electron chi connectivity index (χ4n) is 4.85. The first kappa shape index (κ1) is 26.2. The van der Waals surface area contributed by atoms with E-state index in [0.29, 0.717) is 47.5 Å². The molecular weight excluding hydrogens is 548 g/mol. The zero-order valence-corrected chi connectivity index (χ0v) is 23.3. The highest BCUT2D eigenvalue weighted by Gasteiger charge is 2.29.